The zero-order valence-electron chi connectivity index (χ0n) is 25.4. The lowest BCUT2D eigenvalue weighted by molar-refractivity contribution is -0.0690. The molecule has 0 aromatic heterocycles. The van der Waals surface area contributed by atoms with Crippen LogP contribution in [-0.4, -0.2) is 66.6 Å². The summed E-state index contributed by atoms with van der Waals surface area (Å²) in [6.45, 7) is 7.22. The molecule has 1 amide bonds. The third-order valence-corrected chi connectivity index (χ3v) is 9.51. The minimum atomic E-state index is -4.03. The Hall–Kier alpha value is -3.94. The molecule has 0 aliphatic carbocycles. The molecule has 2 atom stereocenters. The number of ether oxygens (including phenoxy) is 4. The minimum absolute atomic E-state index is 0.00752. The van der Waals surface area contributed by atoms with Gasteiger partial charge in [-0.15, -0.1) is 0 Å². The molecular weight excluding hydrogens is 610 g/mol. The van der Waals surface area contributed by atoms with E-state index in [1.807, 2.05) is 13.8 Å². The van der Waals surface area contributed by atoms with Gasteiger partial charge in [0.05, 0.1) is 17.0 Å². The molecule has 0 unspecified atom stereocenters. The standard InChI is InChI=1S/C32H36F2N2O8S/c1-20(2)16-35(45(39,40)24-10-12-28-29(15-24)43-19-42-28)17-30-27(36(31(37)38)32(3,4)44-30)14-21-5-8-23(9-6-21)41-18-22-7-11-25(33)26(34)13-22/h5-13,15,20,27,30H,14,16-19H2,1-4H3,(H,37,38)/t27-,30+/m0/s1. The summed E-state index contributed by atoms with van der Waals surface area (Å²) >= 11 is 0. The second kappa shape index (κ2) is 12.8. The first-order chi connectivity index (χ1) is 21.2. The Labute approximate surface area is 261 Å². The normalized spacial score (nSPS) is 19.0. The molecular formula is C32H36F2N2O8S. The minimum Gasteiger partial charge on any atom is -0.489 e. The summed E-state index contributed by atoms with van der Waals surface area (Å²) in [7, 11) is -4.03. The van der Waals surface area contributed by atoms with Crippen molar-refractivity contribution in [1.82, 2.24) is 9.21 Å². The number of fused-ring (bicyclic) bond motifs is 1. The second-order valence-electron chi connectivity index (χ2n) is 11.9. The molecule has 0 spiro atoms. The van der Waals surface area contributed by atoms with Gasteiger partial charge in [-0.1, -0.05) is 32.0 Å². The summed E-state index contributed by atoms with van der Waals surface area (Å²) in [5.41, 5.74) is 0.0115. The fourth-order valence-electron chi connectivity index (χ4n) is 5.65. The fourth-order valence-corrected chi connectivity index (χ4v) is 7.28. The van der Waals surface area contributed by atoms with E-state index < -0.39 is 45.6 Å². The maximum atomic E-state index is 13.9. The van der Waals surface area contributed by atoms with Gasteiger partial charge in [0.25, 0.3) is 0 Å². The van der Waals surface area contributed by atoms with E-state index in [4.69, 9.17) is 18.9 Å². The summed E-state index contributed by atoms with van der Waals surface area (Å²) in [4.78, 5) is 13.8. The molecule has 1 N–H and O–H groups in total. The third kappa shape index (κ3) is 7.15. The number of carbonyl (C=O) groups is 1. The molecule has 13 heteroatoms. The van der Waals surface area contributed by atoms with E-state index in [0.717, 1.165) is 17.7 Å². The Morgan fingerprint density at radius 1 is 1.02 bits per heavy atom. The number of benzene rings is 3. The van der Waals surface area contributed by atoms with Gasteiger partial charge >= 0.3 is 6.09 Å². The van der Waals surface area contributed by atoms with Gasteiger partial charge in [-0.2, -0.15) is 4.31 Å². The lowest BCUT2D eigenvalue weighted by atomic mass is 10.00. The van der Waals surface area contributed by atoms with Crippen molar-refractivity contribution in [3.05, 3.63) is 83.4 Å². The Balaban J connectivity index is 1.36. The number of hydrogen-bond acceptors (Lipinski definition) is 7. The summed E-state index contributed by atoms with van der Waals surface area (Å²) in [5.74, 6) is -0.642. The van der Waals surface area contributed by atoms with Crippen molar-refractivity contribution >= 4 is 16.1 Å². The molecule has 5 rings (SSSR count). The highest BCUT2D eigenvalue weighted by atomic mass is 32.2. The molecule has 2 heterocycles. The van der Waals surface area contributed by atoms with Crippen LogP contribution in [0.1, 0.15) is 38.8 Å². The van der Waals surface area contributed by atoms with E-state index >= 15 is 0 Å². The van der Waals surface area contributed by atoms with Crippen molar-refractivity contribution in [2.24, 2.45) is 5.92 Å². The highest BCUT2D eigenvalue weighted by molar-refractivity contribution is 7.89. The maximum absolute atomic E-state index is 13.9. The summed E-state index contributed by atoms with van der Waals surface area (Å²) in [5, 5.41) is 10.2. The van der Waals surface area contributed by atoms with Crippen molar-refractivity contribution in [2.75, 3.05) is 19.9 Å². The molecule has 3 aromatic rings. The summed E-state index contributed by atoms with van der Waals surface area (Å²) < 4.78 is 78.7. The number of nitrogens with zero attached hydrogens (tertiary/aromatic N) is 2. The van der Waals surface area contributed by atoms with Crippen LogP contribution < -0.4 is 14.2 Å². The Bertz CT molecular complexity index is 1650. The molecule has 10 nitrogen and oxygen atoms in total. The average Bonchev–Trinajstić information content (AvgIpc) is 3.54. The Kier molecular flexibility index (Phi) is 9.24. The highest BCUT2D eigenvalue weighted by Crippen LogP contribution is 2.37. The first-order valence-electron chi connectivity index (χ1n) is 14.5. The first-order valence-corrected chi connectivity index (χ1v) is 15.9. The molecule has 1 saturated heterocycles. The molecule has 242 valence electrons. The van der Waals surface area contributed by atoms with E-state index in [0.29, 0.717) is 22.8 Å². The largest absolute Gasteiger partial charge is 0.489 e. The summed E-state index contributed by atoms with van der Waals surface area (Å²) in [6, 6.07) is 14.2. The van der Waals surface area contributed by atoms with Gasteiger partial charge in [0.1, 0.15) is 18.1 Å². The molecule has 0 saturated carbocycles. The Morgan fingerprint density at radius 2 is 1.71 bits per heavy atom. The van der Waals surface area contributed by atoms with Crippen LogP contribution in [0.3, 0.4) is 0 Å². The van der Waals surface area contributed by atoms with Crippen molar-refractivity contribution in [3.63, 3.8) is 0 Å². The van der Waals surface area contributed by atoms with Crippen molar-refractivity contribution in [3.8, 4) is 17.2 Å². The predicted molar refractivity (Wildman–Crippen MR) is 160 cm³/mol. The quantitative estimate of drug-likeness (QED) is 0.285. The van der Waals surface area contributed by atoms with Crippen LogP contribution >= 0.6 is 0 Å². The number of hydrogen-bond donors (Lipinski definition) is 1. The lowest BCUT2D eigenvalue weighted by Crippen LogP contribution is -2.50. The molecule has 0 radical (unpaired) electrons. The average molecular weight is 647 g/mol. The smallest absolute Gasteiger partial charge is 0.409 e. The fraction of sp³-hybridized carbons (Fsp3) is 0.406. The van der Waals surface area contributed by atoms with E-state index in [1.54, 1.807) is 44.2 Å². The van der Waals surface area contributed by atoms with Crippen LogP contribution in [0.15, 0.2) is 65.6 Å². The maximum Gasteiger partial charge on any atom is 0.409 e. The monoisotopic (exact) mass is 646 g/mol. The van der Waals surface area contributed by atoms with Gasteiger partial charge in [0.2, 0.25) is 16.8 Å². The van der Waals surface area contributed by atoms with Crippen LogP contribution in [0.5, 0.6) is 17.2 Å². The van der Waals surface area contributed by atoms with E-state index in [9.17, 15) is 27.1 Å². The number of halogens is 2. The van der Waals surface area contributed by atoms with Gasteiger partial charge < -0.3 is 24.1 Å². The zero-order chi connectivity index (χ0) is 32.5. The predicted octanol–water partition coefficient (Wildman–Crippen LogP) is 5.65. The van der Waals surface area contributed by atoms with Crippen LogP contribution in [0.25, 0.3) is 0 Å². The molecule has 2 aliphatic rings. The number of sulfonamides is 1. The van der Waals surface area contributed by atoms with E-state index in [-0.39, 0.29) is 43.7 Å². The zero-order valence-corrected chi connectivity index (χ0v) is 26.2. The van der Waals surface area contributed by atoms with Crippen molar-refractivity contribution in [2.45, 2.75) is 63.5 Å². The number of carboxylic acid groups (broad SMARTS) is 1. The highest BCUT2D eigenvalue weighted by Gasteiger charge is 2.51. The second-order valence-corrected chi connectivity index (χ2v) is 13.9. The molecule has 45 heavy (non-hydrogen) atoms. The van der Waals surface area contributed by atoms with Gasteiger partial charge in [-0.25, -0.2) is 22.0 Å². The van der Waals surface area contributed by atoms with E-state index in [2.05, 4.69) is 0 Å². The SMILES string of the molecule is CC(C)CN(C[C@H]1OC(C)(C)N(C(=O)O)[C@H]1Cc1ccc(OCc2ccc(F)c(F)c2)cc1)S(=O)(=O)c1ccc2c(c1)OCO2. The van der Waals surface area contributed by atoms with Crippen LogP contribution in [0, 0.1) is 17.6 Å². The van der Waals surface area contributed by atoms with Gasteiger partial charge in [0, 0.05) is 19.2 Å². The van der Waals surface area contributed by atoms with Gasteiger partial charge in [0.15, 0.2) is 23.1 Å². The molecule has 1 fully saturated rings. The molecule has 3 aromatic carbocycles. The molecule has 2 aliphatic heterocycles. The van der Waals surface area contributed by atoms with Crippen LogP contribution in [-0.2, 0) is 27.8 Å². The van der Waals surface area contributed by atoms with E-state index in [1.165, 1.54) is 27.4 Å². The van der Waals surface area contributed by atoms with Crippen molar-refractivity contribution in [1.29, 1.82) is 0 Å². The van der Waals surface area contributed by atoms with Gasteiger partial charge in [-0.3, -0.25) is 4.90 Å². The topological polar surface area (TPSA) is 115 Å². The Morgan fingerprint density at radius 3 is 2.38 bits per heavy atom. The number of rotatable bonds is 11. The lowest BCUT2D eigenvalue weighted by Gasteiger charge is -2.31. The molecule has 0 bridgehead atoms. The third-order valence-electron chi connectivity index (χ3n) is 7.68. The first kappa shape index (κ1) is 32.5. The van der Waals surface area contributed by atoms with Crippen LogP contribution in [0.2, 0.25) is 0 Å². The number of amides is 1. The van der Waals surface area contributed by atoms with Gasteiger partial charge in [-0.05, 0) is 73.7 Å². The van der Waals surface area contributed by atoms with Crippen molar-refractivity contribution < 1.29 is 46.0 Å². The van der Waals surface area contributed by atoms with Crippen LogP contribution in [0.4, 0.5) is 13.6 Å². The summed E-state index contributed by atoms with van der Waals surface area (Å²) in [6.07, 6.45) is -1.74.